The highest BCUT2D eigenvalue weighted by Crippen LogP contribution is 2.37. The number of aromatic nitrogens is 4. The molecule has 2 aromatic carbocycles. The van der Waals surface area contributed by atoms with Gasteiger partial charge in [0.15, 0.2) is 0 Å². The molecule has 170 valence electrons. The summed E-state index contributed by atoms with van der Waals surface area (Å²) in [7, 11) is 0. The van der Waals surface area contributed by atoms with Gasteiger partial charge < -0.3 is 21.4 Å². The van der Waals surface area contributed by atoms with E-state index >= 15 is 0 Å². The highest BCUT2D eigenvalue weighted by molar-refractivity contribution is 5.76. The van der Waals surface area contributed by atoms with Crippen molar-refractivity contribution in [1.82, 2.24) is 19.9 Å². The SMILES string of the molecule is CC(N)c1ncc(-c2ccc(-c3ccc4c(c3)CCc3[nH]c(C(N)C(C)(C)C)nc3-4)cc2)[nH]1. The lowest BCUT2D eigenvalue weighted by Gasteiger charge is -2.24. The van der Waals surface area contributed by atoms with E-state index in [1.807, 2.05) is 13.1 Å². The summed E-state index contributed by atoms with van der Waals surface area (Å²) in [5, 5.41) is 0. The number of fused-ring (bicyclic) bond motifs is 3. The van der Waals surface area contributed by atoms with Crippen LogP contribution in [0.25, 0.3) is 33.6 Å². The van der Waals surface area contributed by atoms with Crippen LogP contribution in [0.2, 0.25) is 0 Å². The zero-order chi connectivity index (χ0) is 23.3. The van der Waals surface area contributed by atoms with Crippen molar-refractivity contribution in [2.24, 2.45) is 16.9 Å². The second kappa shape index (κ2) is 7.97. The van der Waals surface area contributed by atoms with Crippen LogP contribution in [0, 0.1) is 5.41 Å². The first-order valence-electron chi connectivity index (χ1n) is 11.6. The average Bonchev–Trinajstić information content (AvgIpc) is 3.45. The van der Waals surface area contributed by atoms with Gasteiger partial charge in [0.2, 0.25) is 0 Å². The molecule has 2 aromatic heterocycles. The van der Waals surface area contributed by atoms with Crippen molar-refractivity contribution >= 4 is 0 Å². The molecule has 33 heavy (non-hydrogen) atoms. The Labute approximate surface area is 194 Å². The maximum atomic E-state index is 6.47. The number of hydrogen-bond donors (Lipinski definition) is 4. The molecule has 1 aliphatic carbocycles. The fraction of sp³-hybridized carbons (Fsp3) is 0.333. The van der Waals surface area contributed by atoms with Crippen LogP contribution >= 0.6 is 0 Å². The van der Waals surface area contributed by atoms with Crippen molar-refractivity contribution in [3.05, 3.63) is 71.6 Å². The van der Waals surface area contributed by atoms with Crippen LogP contribution in [0.5, 0.6) is 0 Å². The maximum Gasteiger partial charge on any atom is 0.124 e. The Kier molecular flexibility index (Phi) is 5.22. The van der Waals surface area contributed by atoms with Crippen molar-refractivity contribution in [1.29, 1.82) is 0 Å². The van der Waals surface area contributed by atoms with Gasteiger partial charge in [-0.1, -0.05) is 63.2 Å². The predicted octanol–water partition coefficient (Wildman–Crippen LogP) is 5.30. The summed E-state index contributed by atoms with van der Waals surface area (Å²) in [4.78, 5) is 16.1. The van der Waals surface area contributed by atoms with Crippen LogP contribution in [0.4, 0.5) is 0 Å². The topological polar surface area (TPSA) is 109 Å². The molecule has 0 spiro atoms. The molecule has 2 heterocycles. The van der Waals surface area contributed by atoms with E-state index in [-0.39, 0.29) is 17.5 Å². The van der Waals surface area contributed by atoms with Gasteiger partial charge in [0, 0.05) is 11.3 Å². The summed E-state index contributed by atoms with van der Waals surface area (Å²) in [5.41, 5.74) is 21.6. The summed E-state index contributed by atoms with van der Waals surface area (Å²) in [6, 6.07) is 15.0. The smallest absolute Gasteiger partial charge is 0.124 e. The zero-order valence-electron chi connectivity index (χ0n) is 19.7. The number of H-pyrrole nitrogens is 2. The van der Waals surface area contributed by atoms with Crippen LogP contribution in [0.15, 0.2) is 48.7 Å². The zero-order valence-corrected chi connectivity index (χ0v) is 19.7. The average molecular weight is 441 g/mol. The van der Waals surface area contributed by atoms with Gasteiger partial charge in [-0.25, -0.2) is 9.97 Å². The van der Waals surface area contributed by atoms with Crippen molar-refractivity contribution in [2.75, 3.05) is 0 Å². The molecular weight excluding hydrogens is 408 g/mol. The van der Waals surface area contributed by atoms with Crippen LogP contribution in [-0.4, -0.2) is 19.9 Å². The van der Waals surface area contributed by atoms with Gasteiger partial charge in [0.25, 0.3) is 0 Å². The van der Waals surface area contributed by atoms with Crippen LogP contribution in [-0.2, 0) is 12.8 Å². The molecule has 0 saturated heterocycles. The molecule has 2 atom stereocenters. The molecule has 0 saturated carbocycles. The lowest BCUT2D eigenvalue weighted by molar-refractivity contribution is 0.316. The Morgan fingerprint density at radius 2 is 1.58 bits per heavy atom. The fourth-order valence-corrected chi connectivity index (χ4v) is 4.42. The standard InChI is InChI=1S/C27H32N6/c1-15(28)25-30-14-22(32-25)17-7-5-16(6-8-17)18-9-11-20-19(13-18)10-12-21-23(20)33-26(31-21)24(29)27(2,3)4/h5-9,11,13-15,24H,10,12,28-29H2,1-4H3,(H,30,32)(H,31,33). The summed E-state index contributed by atoms with van der Waals surface area (Å²) in [6.07, 6.45) is 3.79. The third-order valence-corrected chi connectivity index (χ3v) is 6.59. The number of imidazole rings is 2. The molecule has 6 heteroatoms. The molecule has 5 rings (SSSR count). The first-order chi connectivity index (χ1) is 15.7. The fourth-order valence-electron chi connectivity index (χ4n) is 4.42. The minimum absolute atomic E-state index is 0.0420. The van der Waals surface area contributed by atoms with Gasteiger partial charge in [-0.3, -0.25) is 0 Å². The lowest BCUT2D eigenvalue weighted by atomic mass is 9.87. The molecule has 0 amide bonds. The van der Waals surface area contributed by atoms with E-state index < -0.39 is 0 Å². The predicted molar refractivity (Wildman–Crippen MR) is 133 cm³/mol. The van der Waals surface area contributed by atoms with Gasteiger partial charge in [0.1, 0.15) is 11.6 Å². The quantitative estimate of drug-likeness (QED) is 0.345. The molecule has 6 N–H and O–H groups in total. The van der Waals surface area contributed by atoms with Gasteiger partial charge in [-0.05, 0) is 47.4 Å². The van der Waals surface area contributed by atoms with E-state index in [0.29, 0.717) is 0 Å². The second-order valence-electron chi connectivity index (χ2n) is 10.2. The number of nitrogens with two attached hydrogens (primary N) is 2. The lowest BCUT2D eigenvalue weighted by Crippen LogP contribution is -2.27. The molecule has 2 unspecified atom stereocenters. The number of benzene rings is 2. The molecule has 0 fully saturated rings. The van der Waals surface area contributed by atoms with Crippen LogP contribution < -0.4 is 11.5 Å². The molecule has 0 aliphatic heterocycles. The summed E-state index contributed by atoms with van der Waals surface area (Å²) in [6.45, 7) is 8.37. The van der Waals surface area contributed by atoms with Crippen molar-refractivity contribution < 1.29 is 0 Å². The van der Waals surface area contributed by atoms with E-state index in [0.717, 1.165) is 41.4 Å². The second-order valence-corrected chi connectivity index (χ2v) is 10.2. The van der Waals surface area contributed by atoms with E-state index in [9.17, 15) is 0 Å². The molecule has 0 radical (unpaired) electrons. The van der Waals surface area contributed by atoms with Crippen molar-refractivity contribution in [3.63, 3.8) is 0 Å². The number of nitrogens with zero attached hydrogens (tertiary/aromatic N) is 2. The number of hydrogen-bond acceptors (Lipinski definition) is 4. The normalized spacial score (nSPS) is 15.1. The monoisotopic (exact) mass is 440 g/mol. The highest BCUT2D eigenvalue weighted by Gasteiger charge is 2.28. The molecular formula is C27H32N6. The van der Waals surface area contributed by atoms with E-state index in [4.69, 9.17) is 16.5 Å². The number of aromatic amines is 2. The molecule has 6 nitrogen and oxygen atoms in total. The summed E-state index contributed by atoms with van der Waals surface area (Å²) in [5.74, 6) is 1.68. The van der Waals surface area contributed by atoms with Gasteiger partial charge in [-0.15, -0.1) is 0 Å². The Morgan fingerprint density at radius 3 is 2.24 bits per heavy atom. The number of aryl methyl sites for hydroxylation is 2. The van der Waals surface area contributed by atoms with E-state index in [2.05, 4.69) is 78.2 Å². The summed E-state index contributed by atoms with van der Waals surface area (Å²) >= 11 is 0. The Morgan fingerprint density at radius 1 is 0.879 bits per heavy atom. The third kappa shape index (κ3) is 4.01. The van der Waals surface area contributed by atoms with Crippen LogP contribution in [0.1, 0.15) is 62.7 Å². The minimum atomic E-state index is -0.122. The van der Waals surface area contributed by atoms with E-state index in [1.54, 1.807) is 0 Å². The van der Waals surface area contributed by atoms with E-state index in [1.165, 1.54) is 27.9 Å². The van der Waals surface area contributed by atoms with Gasteiger partial charge in [0.05, 0.1) is 29.7 Å². The van der Waals surface area contributed by atoms with Crippen LogP contribution in [0.3, 0.4) is 0 Å². The highest BCUT2D eigenvalue weighted by atomic mass is 15.0. The molecule has 0 bridgehead atoms. The van der Waals surface area contributed by atoms with Gasteiger partial charge in [-0.2, -0.15) is 0 Å². The first kappa shape index (κ1) is 21.6. The number of rotatable bonds is 4. The number of nitrogens with one attached hydrogen (secondary N) is 2. The summed E-state index contributed by atoms with van der Waals surface area (Å²) < 4.78 is 0. The molecule has 4 aromatic rings. The Hall–Kier alpha value is -3.22. The van der Waals surface area contributed by atoms with Gasteiger partial charge >= 0.3 is 0 Å². The maximum absolute atomic E-state index is 6.47. The minimum Gasteiger partial charge on any atom is -0.344 e. The first-order valence-corrected chi connectivity index (χ1v) is 11.6. The third-order valence-electron chi connectivity index (χ3n) is 6.59. The Balaban J connectivity index is 1.42. The van der Waals surface area contributed by atoms with Crippen molar-refractivity contribution in [3.8, 4) is 33.6 Å². The van der Waals surface area contributed by atoms with Crippen molar-refractivity contribution in [2.45, 2.75) is 52.6 Å². The molecule has 1 aliphatic rings. The Bertz CT molecular complexity index is 1290. The largest absolute Gasteiger partial charge is 0.344 e.